The number of ether oxygens (including phenoxy) is 1. The van der Waals surface area contributed by atoms with Gasteiger partial charge < -0.3 is 4.74 Å². The van der Waals surface area contributed by atoms with Gasteiger partial charge in [-0.05, 0) is 31.2 Å². The smallest absolute Gasteiger partial charge is 0.339 e. The summed E-state index contributed by atoms with van der Waals surface area (Å²) in [5.74, 6) is -0.710. The number of esters is 1. The van der Waals surface area contributed by atoms with Crippen LogP contribution in [0.4, 0.5) is 5.69 Å². The molecule has 26 heavy (non-hydrogen) atoms. The van der Waals surface area contributed by atoms with E-state index in [-0.39, 0.29) is 10.5 Å². The van der Waals surface area contributed by atoms with E-state index in [1.54, 1.807) is 30.3 Å². The quantitative estimate of drug-likeness (QED) is 0.674. The summed E-state index contributed by atoms with van der Waals surface area (Å²) < 4.78 is 32.7. The molecular weight excluding hydrogens is 372 g/mol. The number of carbonyl (C=O) groups is 1. The van der Waals surface area contributed by atoms with Crippen molar-refractivity contribution in [3.8, 4) is 11.3 Å². The highest BCUT2D eigenvalue weighted by Gasteiger charge is 2.22. The predicted octanol–water partition coefficient (Wildman–Crippen LogP) is 3.71. The van der Waals surface area contributed by atoms with Crippen molar-refractivity contribution in [3.05, 3.63) is 64.5 Å². The predicted molar refractivity (Wildman–Crippen MR) is 101 cm³/mol. The molecule has 0 aliphatic heterocycles. The number of aryl methyl sites for hydroxylation is 1. The third-order valence-electron chi connectivity index (χ3n) is 3.61. The van der Waals surface area contributed by atoms with Crippen LogP contribution in [0.3, 0.4) is 0 Å². The zero-order chi connectivity index (χ0) is 18.7. The van der Waals surface area contributed by atoms with Crippen LogP contribution in [-0.2, 0) is 14.8 Å². The van der Waals surface area contributed by atoms with Gasteiger partial charge in [-0.2, -0.15) is 0 Å². The molecule has 6 nitrogen and oxygen atoms in total. The molecule has 0 fully saturated rings. The third-order valence-corrected chi connectivity index (χ3v) is 5.82. The average molecular weight is 388 g/mol. The van der Waals surface area contributed by atoms with Gasteiger partial charge in [0.2, 0.25) is 0 Å². The topological polar surface area (TPSA) is 85.4 Å². The van der Waals surface area contributed by atoms with E-state index in [0.29, 0.717) is 5.69 Å². The minimum absolute atomic E-state index is 0.0196. The summed E-state index contributed by atoms with van der Waals surface area (Å²) in [5, 5.41) is 2.84. The van der Waals surface area contributed by atoms with Gasteiger partial charge in [0.15, 0.2) is 0 Å². The van der Waals surface area contributed by atoms with Crippen molar-refractivity contribution in [2.24, 2.45) is 0 Å². The van der Waals surface area contributed by atoms with Crippen LogP contribution in [0.25, 0.3) is 11.3 Å². The summed E-state index contributed by atoms with van der Waals surface area (Å²) >= 11 is 1.52. The van der Waals surface area contributed by atoms with Crippen LogP contribution in [0, 0.1) is 6.92 Å². The third kappa shape index (κ3) is 3.76. The molecule has 1 aromatic heterocycles. The van der Waals surface area contributed by atoms with Gasteiger partial charge in [-0.25, -0.2) is 18.2 Å². The first-order chi connectivity index (χ1) is 12.4. The van der Waals surface area contributed by atoms with Gasteiger partial charge >= 0.3 is 5.97 Å². The molecule has 0 unspecified atom stereocenters. The fraction of sp³-hybridized carbons (Fsp3) is 0.111. The highest BCUT2D eigenvalue weighted by Crippen LogP contribution is 2.26. The van der Waals surface area contributed by atoms with Gasteiger partial charge in [-0.3, -0.25) is 4.72 Å². The number of methoxy groups -OCH3 is 1. The number of thiazole rings is 1. The second kappa shape index (κ2) is 7.27. The molecule has 0 radical (unpaired) electrons. The molecule has 8 heteroatoms. The Balaban J connectivity index is 1.95. The van der Waals surface area contributed by atoms with E-state index in [1.807, 2.05) is 18.4 Å². The Morgan fingerprint density at radius 1 is 1.15 bits per heavy atom. The first kappa shape index (κ1) is 18.1. The molecule has 1 heterocycles. The molecule has 3 rings (SSSR count). The van der Waals surface area contributed by atoms with E-state index in [1.165, 1.54) is 30.6 Å². The molecule has 0 saturated heterocycles. The van der Waals surface area contributed by atoms with E-state index >= 15 is 0 Å². The summed E-state index contributed by atoms with van der Waals surface area (Å²) in [6, 6.07) is 12.8. The maximum atomic E-state index is 12.8. The monoisotopic (exact) mass is 388 g/mol. The summed E-state index contributed by atoms with van der Waals surface area (Å²) in [6.45, 7) is 1.91. The fourth-order valence-corrected chi connectivity index (χ4v) is 4.30. The van der Waals surface area contributed by atoms with Crippen LogP contribution in [-0.4, -0.2) is 26.5 Å². The van der Waals surface area contributed by atoms with E-state index in [2.05, 4.69) is 14.4 Å². The van der Waals surface area contributed by atoms with E-state index in [9.17, 15) is 13.2 Å². The summed E-state index contributed by atoms with van der Waals surface area (Å²) in [4.78, 5) is 16.1. The van der Waals surface area contributed by atoms with Crippen molar-refractivity contribution in [1.29, 1.82) is 0 Å². The molecule has 3 aromatic rings. The molecule has 0 amide bonds. The Morgan fingerprint density at radius 3 is 2.62 bits per heavy atom. The number of aromatic nitrogens is 1. The average Bonchev–Trinajstić information content (AvgIpc) is 3.07. The number of anilines is 1. The molecule has 0 spiro atoms. The van der Waals surface area contributed by atoms with Gasteiger partial charge in [-0.15, -0.1) is 11.3 Å². The van der Waals surface area contributed by atoms with Crippen molar-refractivity contribution < 1.29 is 17.9 Å². The second-order valence-electron chi connectivity index (χ2n) is 5.43. The van der Waals surface area contributed by atoms with Crippen LogP contribution >= 0.6 is 11.3 Å². The van der Waals surface area contributed by atoms with Crippen molar-refractivity contribution >= 4 is 33.0 Å². The first-order valence-corrected chi connectivity index (χ1v) is 10.00. The largest absolute Gasteiger partial charge is 0.465 e. The number of benzene rings is 2. The van der Waals surface area contributed by atoms with Gasteiger partial charge in [0, 0.05) is 16.6 Å². The fourth-order valence-electron chi connectivity index (χ4n) is 2.43. The molecule has 134 valence electrons. The Hall–Kier alpha value is -2.71. The lowest BCUT2D eigenvalue weighted by atomic mass is 10.1. The molecule has 0 aliphatic carbocycles. The zero-order valence-corrected chi connectivity index (χ0v) is 15.7. The lowest BCUT2D eigenvalue weighted by Crippen LogP contribution is -2.17. The first-order valence-electron chi connectivity index (χ1n) is 7.63. The van der Waals surface area contributed by atoms with Crippen LogP contribution < -0.4 is 4.72 Å². The van der Waals surface area contributed by atoms with Gasteiger partial charge in [-0.1, -0.05) is 24.3 Å². The summed E-state index contributed by atoms with van der Waals surface area (Å²) in [6.07, 6.45) is 0. The number of rotatable bonds is 5. The van der Waals surface area contributed by atoms with E-state index in [4.69, 9.17) is 0 Å². The Kier molecular flexibility index (Phi) is 5.06. The lowest BCUT2D eigenvalue weighted by Gasteiger charge is -2.11. The number of hydrogen-bond acceptors (Lipinski definition) is 6. The second-order valence-corrected chi connectivity index (χ2v) is 8.14. The molecule has 0 atom stereocenters. The number of sulfonamides is 1. The molecule has 2 aromatic carbocycles. The van der Waals surface area contributed by atoms with Crippen molar-refractivity contribution in [3.63, 3.8) is 0 Å². The molecular formula is C18H16N2O4S2. The number of nitrogens with one attached hydrogen (secondary N) is 1. The van der Waals surface area contributed by atoms with Crippen LogP contribution in [0.5, 0.6) is 0 Å². The highest BCUT2D eigenvalue weighted by atomic mass is 32.2. The summed E-state index contributed by atoms with van der Waals surface area (Å²) in [7, 11) is -2.75. The van der Waals surface area contributed by atoms with Crippen LogP contribution in [0.15, 0.2) is 58.8 Å². The normalized spacial score (nSPS) is 11.2. The molecule has 0 aliphatic rings. The Bertz CT molecular complexity index is 1060. The minimum Gasteiger partial charge on any atom is -0.465 e. The standard InChI is InChI=1S/C18H16N2O4S2/c1-12-19-16(11-25-12)13-6-5-7-14(10-13)20-26(22,23)17-9-4-3-8-15(17)18(21)24-2/h3-11,20H,1-2H3. The SMILES string of the molecule is COC(=O)c1ccccc1S(=O)(=O)Nc1cccc(-c2csc(C)n2)c1. The maximum absolute atomic E-state index is 12.8. The van der Waals surface area contributed by atoms with Gasteiger partial charge in [0.25, 0.3) is 10.0 Å². The van der Waals surface area contributed by atoms with Crippen molar-refractivity contribution in [2.75, 3.05) is 11.8 Å². The molecule has 0 bridgehead atoms. The molecule has 1 N–H and O–H groups in total. The highest BCUT2D eigenvalue weighted by molar-refractivity contribution is 7.92. The van der Waals surface area contributed by atoms with Crippen molar-refractivity contribution in [1.82, 2.24) is 4.98 Å². The number of carbonyl (C=O) groups excluding carboxylic acids is 1. The maximum Gasteiger partial charge on any atom is 0.339 e. The molecule has 0 saturated carbocycles. The van der Waals surface area contributed by atoms with E-state index < -0.39 is 16.0 Å². The number of nitrogens with zero attached hydrogens (tertiary/aromatic N) is 1. The van der Waals surface area contributed by atoms with E-state index in [0.717, 1.165) is 16.3 Å². The van der Waals surface area contributed by atoms with Crippen molar-refractivity contribution in [2.45, 2.75) is 11.8 Å². The summed E-state index contributed by atoms with van der Waals surface area (Å²) in [5.41, 5.74) is 1.95. The Morgan fingerprint density at radius 2 is 1.92 bits per heavy atom. The zero-order valence-electron chi connectivity index (χ0n) is 14.1. The minimum atomic E-state index is -3.96. The lowest BCUT2D eigenvalue weighted by molar-refractivity contribution is 0.0596. The van der Waals surface area contributed by atoms with Gasteiger partial charge in [0.1, 0.15) is 4.90 Å². The van der Waals surface area contributed by atoms with Crippen LogP contribution in [0.2, 0.25) is 0 Å². The van der Waals surface area contributed by atoms with Crippen LogP contribution in [0.1, 0.15) is 15.4 Å². The number of hydrogen-bond donors (Lipinski definition) is 1. The Labute approximate surface area is 155 Å². The van der Waals surface area contributed by atoms with Gasteiger partial charge in [0.05, 0.1) is 23.4 Å².